The second kappa shape index (κ2) is 6.16. The number of nitrogens with one attached hydrogen (secondary N) is 1. The molecule has 6 nitrogen and oxygen atoms in total. The van der Waals surface area contributed by atoms with Crippen molar-refractivity contribution in [2.75, 3.05) is 5.32 Å². The van der Waals surface area contributed by atoms with Crippen molar-refractivity contribution in [1.82, 2.24) is 15.4 Å². The fourth-order valence-electron chi connectivity index (χ4n) is 1.40. The fourth-order valence-corrected chi connectivity index (χ4v) is 3.38. The van der Waals surface area contributed by atoms with Crippen molar-refractivity contribution in [3.8, 4) is 0 Å². The number of rotatable bonds is 5. The summed E-state index contributed by atoms with van der Waals surface area (Å²) in [5.41, 5.74) is 0. The van der Waals surface area contributed by atoms with Crippen molar-refractivity contribution < 1.29 is 9.32 Å². The highest BCUT2D eigenvalue weighted by molar-refractivity contribution is 8.02. The molecule has 19 heavy (non-hydrogen) atoms. The molecule has 2 heterocycles. The molecular weight excluding hydrogens is 284 g/mol. The minimum Gasteiger partial charge on any atom is -0.360 e. The third kappa shape index (κ3) is 3.77. The average molecular weight is 298 g/mol. The number of anilines is 1. The number of carbonyl (C=O) groups excluding carboxylic acids is 1. The Balaban J connectivity index is 1.98. The third-order valence-corrected chi connectivity index (χ3v) is 4.58. The Kier molecular flexibility index (Phi) is 4.54. The van der Waals surface area contributed by atoms with Gasteiger partial charge in [-0.3, -0.25) is 4.79 Å². The van der Waals surface area contributed by atoms with Crippen LogP contribution in [0, 0.1) is 13.8 Å². The van der Waals surface area contributed by atoms with Crippen molar-refractivity contribution in [3.05, 3.63) is 16.8 Å². The molecular formula is C11H14N4O2S2. The van der Waals surface area contributed by atoms with Crippen molar-refractivity contribution >= 4 is 34.8 Å². The normalized spacial score (nSPS) is 12.4. The number of carbonyl (C=O) groups is 1. The van der Waals surface area contributed by atoms with E-state index in [-0.39, 0.29) is 11.2 Å². The molecule has 0 unspecified atom stereocenters. The Morgan fingerprint density at radius 1 is 1.53 bits per heavy atom. The first kappa shape index (κ1) is 14.0. The molecule has 102 valence electrons. The number of aromatic nitrogens is 3. The Hall–Kier alpha value is -1.41. The van der Waals surface area contributed by atoms with Gasteiger partial charge in [-0.2, -0.15) is 0 Å². The SMILES string of the molecule is CC[C@H](Sc1nnc(C)s1)C(=O)Nc1cc(C)on1. The van der Waals surface area contributed by atoms with Gasteiger partial charge in [0.25, 0.3) is 0 Å². The van der Waals surface area contributed by atoms with E-state index >= 15 is 0 Å². The van der Waals surface area contributed by atoms with E-state index in [0.717, 1.165) is 9.35 Å². The first-order valence-electron chi connectivity index (χ1n) is 5.79. The number of aryl methyl sites for hydroxylation is 2. The minimum atomic E-state index is -0.218. The molecule has 0 bridgehead atoms. The molecule has 0 saturated carbocycles. The summed E-state index contributed by atoms with van der Waals surface area (Å²) in [6.45, 7) is 5.62. The zero-order chi connectivity index (χ0) is 13.8. The lowest BCUT2D eigenvalue weighted by molar-refractivity contribution is -0.115. The minimum absolute atomic E-state index is 0.103. The Morgan fingerprint density at radius 3 is 2.84 bits per heavy atom. The van der Waals surface area contributed by atoms with Gasteiger partial charge < -0.3 is 9.84 Å². The van der Waals surface area contributed by atoms with Crippen molar-refractivity contribution in [2.45, 2.75) is 36.8 Å². The van der Waals surface area contributed by atoms with Gasteiger partial charge in [0.05, 0.1) is 5.25 Å². The Bertz CT molecular complexity index is 567. The number of hydrogen-bond acceptors (Lipinski definition) is 7. The molecule has 1 N–H and O–H groups in total. The lowest BCUT2D eigenvalue weighted by atomic mass is 10.3. The molecule has 0 radical (unpaired) electrons. The van der Waals surface area contributed by atoms with Gasteiger partial charge in [0.15, 0.2) is 10.2 Å². The van der Waals surface area contributed by atoms with E-state index in [1.54, 1.807) is 13.0 Å². The average Bonchev–Trinajstić information content (AvgIpc) is 2.95. The lowest BCUT2D eigenvalue weighted by Crippen LogP contribution is -2.24. The maximum atomic E-state index is 12.1. The fraction of sp³-hybridized carbons (Fsp3) is 0.455. The van der Waals surface area contributed by atoms with Crippen LogP contribution in [0.2, 0.25) is 0 Å². The predicted octanol–water partition coefficient (Wildman–Crippen LogP) is 2.65. The van der Waals surface area contributed by atoms with Gasteiger partial charge >= 0.3 is 0 Å². The van der Waals surface area contributed by atoms with Gasteiger partial charge in [0.1, 0.15) is 10.8 Å². The third-order valence-electron chi connectivity index (χ3n) is 2.29. The van der Waals surface area contributed by atoms with Crippen LogP contribution >= 0.6 is 23.1 Å². The highest BCUT2D eigenvalue weighted by atomic mass is 32.2. The zero-order valence-electron chi connectivity index (χ0n) is 10.8. The Labute approximate surface area is 119 Å². The summed E-state index contributed by atoms with van der Waals surface area (Å²) < 4.78 is 5.71. The van der Waals surface area contributed by atoms with Gasteiger partial charge in [-0.15, -0.1) is 10.2 Å². The molecule has 0 aliphatic rings. The zero-order valence-corrected chi connectivity index (χ0v) is 12.5. The van der Waals surface area contributed by atoms with Crippen LogP contribution in [-0.2, 0) is 4.79 Å². The molecule has 0 saturated heterocycles. The van der Waals surface area contributed by atoms with Gasteiger partial charge in [0, 0.05) is 6.07 Å². The monoisotopic (exact) mass is 298 g/mol. The quantitative estimate of drug-likeness (QED) is 0.855. The number of hydrogen-bond donors (Lipinski definition) is 1. The Morgan fingerprint density at radius 2 is 2.32 bits per heavy atom. The molecule has 0 fully saturated rings. The number of nitrogens with zero attached hydrogens (tertiary/aromatic N) is 3. The maximum Gasteiger partial charge on any atom is 0.239 e. The second-order valence-electron chi connectivity index (χ2n) is 3.91. The number of thioether (sulfide) groups is 1. The topological polar surface area (TPSA) is 80.9 Å². The van der Waals surface area contributed by atoms with Crippen molar-refractivity contribution in [1.29, 1.82) is 0 Å². The summed E-state index contributed by atoms with van der Waals surface area (Å²) in [5.74, 6) is 0.999. The van der Waals surface area contributed by atoms with Crippen LogP contribution in [0.1, 0.15) is 24.1 Å². The summed E-state index contributed by atoms with van der Waals surface area (Å²) >= 11 is 2.90. The number of amides is 1. The highest BCUT2D eigenvalue weighted by Crippen LogP contribution is 2.28. The van der Waals surface area contributed by atoms with Gasteiger partial charge in [-0.25, -0.2) is 0 Å². The summed E-state index contributed by atoms with van der Waals surface area (Å²) in [5, 5.41) is 15.1. The molecule has 0 aliphatic carbocycles. The molecule has 1 atom stereocenters. The maximum absolute atomic E-state index is 12.1. The van der Waals surface area contributed by atoms with E-state index in [1.165, 1.54) is 23.1 Å². The van der Waals surface area contributed by atoms with Gasteiger partial charge in [-0.05, 0) is 20.3 Å². The molecule has 2 rings (SSSR count). The summed E-state index contributed by atoms with van der Waals surface area (Å²) in [6.07, 6.45) is 0.700. The molecule has 0 aliphatic heterocycles. The smallest absolute Gasteiger partial charge is 0.239 e. The summed E-state index contributed by atoms with van der Waals surface area (Å²) in [7, 11) is 0. The van der Waals surface area contributed by atoms with Crippen LogP contribution in [0.3, 0.4) is 0 Å². The van der Waals surface area contributed by atoms with E-state index in [9.17, 15) is 4.79 Å². The van der Waals surface area contributed by atoms with Crippen molar-refractivity contribution in [2.24, 2.45) is 0 Å². The van der Waals surface area contributed by atoms with E-state index in [1.807, 2.05) is 13.8 Å². The first-order chi connectivity index (χ1) is 9.08. The van der Waals surface area contributed by atoms with Gasteiger partial charge in [-0.1, -0.05) is 35.2 Å². The molecule has 2 aromatic rings. The summed E-state index contributed by atoms with van der Waals surface area (Å²) in [6, 6.07) is 1.68. The predicted molar refractivity (Wildman–Crippen MR) is 74.5 cm³/mol. The highest BCUT2D eigenvalue weighted by Gasteiger charge is 2.20. The standard InChI is InChI=1S/C11H14N4O2S2/c1-4-8(19-11-14-13-7(3)18-11)10(16)12-9-5-6(2)17-15-9/h5,8H,4H2,1-3H3,(H,12,15,16)/t8-/m0/s1. The molecule has 0 spiro atoms. The molecule has 1 amide bonds. The van der Waals surface area contributed by atoms with Crippen molar-refractivity contribution in [3.63, 3.8) is 0 Å². The first-order valence-corrected chi connectivity index (χ1v) is 7.49. The summed E-state index contributed by atoms with van der Waals surface area (Å²) in [4.78, 5) is 12.1. The second-order valence-corrected chi connectivity index (χ2v) is 6.55. The van der Waals surface area contributed by atoms with E-state index in [4.69, 9.17) is 4.52 Å². The molecule has 8 heteroatoms. The van der Waals surface area contributed by atoms with Crippen LogP contribution in [-0.4, -0.2) is 26.5 Å². The lowest BCUT2D eigenvalue weighted by Gasteiger charge is -2.10. The van der Waals surface area contributed by atoms with Crippen LogP contribution in [0.5, 0.6) is 0 Å². The van der Waals surface area contributed by atoms with Crippen LogP contribution in [0.15, 0.2) is 14.9 Å². The van der Waals surface area contributed by atoms with Crippen LogP contribution in [0.4, 0.5) is 5.82 Å². The van der Waals surface area contributed by atoms with Crippen LogP contribution < -0.4 is 5.32 Å². The molecule has 0 aromatic carbocycles. The largest absolute Gasteiger partial charge is 0.360 e. The molecule has 2 aromatic heterocycles. The van der Waals surface area contributed by atoms with Gasteiger partial charge in [0.2, 0.25) is 5.91 Å². The van der Waals surface area contributed by atoms with E-state index in [0.29, 0.717) is 18.0 Å². The van der Waals surface area contributed by atoms with E-state index in [2.05, 4.69) is 20.7 Å². The van der Waals surface area contributed by atoms with Crippen LogP contribution in [0.25, 0.3) is 0 Å². The van der Waals surface area contributed by atoms with E-state index < -0.39 is 0 Å².